The van der Waals surface area contributed by atoms with Crippen molar-refractivity contribution in [3.63, 3.8) is 0 Å². The SMILES string of the molecule is NNc1ccccc1S(=O)(=O)C(F)F. The lowest BCUT2D eigenvalue weighted by atomic mass is 10.3. The minimum Gasteiger partial charge on any atom is -0.323 e. The average molecular weight is 222 g/mol. The van der Waals surface area contributed by atoms with Crippen LogP contribution in [0.4, 0.5) is 14.5 Å². The third-order valence-electron chi connectivity index (χ3n) is 1.58. The first-order valence-electron chi connectivity index (χ1n) is 3.58. The van der Waals surface area contributed by atoms with Crippen LogP contribution in [0.2, 0.25) is 0 Å². The molecule has 0 atom stereocenters. The summed E-state index contributed by atoms with van der Waals surface area (Å²) < 4.78 is 46.4. The highest BCUT2D eigenvalue weighted by Gasteiger charge is 2.28. The summed E-state index contributed by atoms with van der Waals surface area (Å²) in [6, 6.07) is 5.20. The summed E-state index contributed by atoms with van der Waals surface area (Å²) in [7, 11) is -4.60. The van der Waals surface area contributed by atoms with Crippen LogP contribution < -0.4 is 11.3 Å². The molecule has 1 aromatic carbocycles. The Morgan fingerprint density at radius 3 is 2.36 bits per heavy atom. The van der Waals surface area contributed by atoms with Crippen molar-refractivity contribution >= 4 is 15.5 Å². The lowest BCUT2D eigenvalue weighted by molar-refractivity contribution is 0.235. The number of para-hydroxylation sites is 1. The van der Waals surface area contributed by atoms with Gasteiger partial charge >= 0.3 is 5.76 Å². The first-order chi connectivity index (χ1) is 6.50. The highest BCUT2D eigenvalue weighted by atomic mass is 32.2. The minimum atomic E-state index is -4.60. The maximum absolute atomic E-state index is 12.2. The summed E-state index contributed by atoms with van der Waals surface area (Å²) >= 11 is 0. The smallest absolute Gasteiger partial charge is 0.323 e. The van der Waals surface area contributed by atoms with E-state index in [9.17, 15) is 17.2 Å². The van der Waals surface area contributed by atoms with Crippen molar-refractivity contribution in [1.82, 2.24) is 0 Å². The van der Waals surface area contributed by atoms with Gasteiger partial charge in [0.15, 0.2) is 0 Å². The highest BCUT2D eigenvalue weighted by Crippen LogP contribution is 2.24. The lowest BCUT2D eigenvalue weighted by Crippen LogP contribution is -2.16. The molecule has 3 N–H and O–H groups in total. The maximum atomic E-state index is 12.2. The van der Waals surface area contributed by atoms with E-state index in [1.807, 2.05) is 5.43 Å². The molecule has 0 radical (unpaired) electrons. The zero-order valence-corrected chi connectivity index (χ0v) is 7.76. The van der Waals surface area contributed by atoms with Crippen molar-refractivity contribution < 1.29 is 17.2 Å². The highest BCUT2D eigenvalue weighted by molar-refractivity contribution is 7.91. The Hall–Kier alpha value is -1.21. The molecule has 4 nitrogen and oxygen atoms in total. The van der Waals surface area contributed by atoms with Gasteiger partial charge in [-0.25, -0.2) is 8.42 Å². The van der Waals surface area contributed by atoms with Crippen LogP contribution in [-0.2, 0) is 9.84 Å². The molecule has 0 saturated carbocycles. The molecule has 0 aromatic heterocycles. The lowest BCUT2D eigenvalue weighted by Gasteiger charge is -2.08. The maximum Gasteiger partial charge on any atom is 0.341 e. The summed E-state index contributed by atoms with van der Waals surface area (Å²) in [4.78, 5) is -0.502. The number of hydrogen-bond acceptors (Lipinski definition) is 4. The van der Waals surface area contributed by atoms with E-state index in [1.165, 1.54) is 18.2 Å². The Morgan fingerprint density at radius 2 is 1.86 bits per heavy atom. The van der Waals surface area contributed by atoms with Gasteiger partial charge in [-0.2, -0.15) is 8.78 Å². The number of nitrogen functional groups attached to an aromatic ring is 1. The Bertz CT molecular complexity index is 419. The summed E-state index contributed by atoms with van der Waals surface area (Å²) in [5.74, 6) is 1.54. The Kier molecular flexibility index (Phi) is 3.02. The Balaban J connectivity index is 3.32. The molecule has 0 unspecified atom stereocenters. The van der Waals surface area contributed by atoms with Gasteiger partial charge in [-0.3, -0.25) is 5.84 Å². The van der Waals surface area contributed by atoms with Crippen LogP contribution >= 0.6 is 0 Å². The first-order valence-corrected chi connectivity index (χ1v) is 5.12. The summed E-state index contributed by atoms with van der Waals surface area (Å²) in [5.41, 5.74) is 2.00. The molecule has 0 aliphatic rings. The molecule has 0 aliphatic carbocycles. The number of nitrogens with two attached hydrogens (primary N) is 1. The van der Waals surface area contributed by atoms with Gasteiger partial charge in [0.25, 0.3) is 0 Å². The zero-order valence-electron chi connectivity index (χ0n) is 6.94. The molecule has 0 heterocycles. The fourth-order valence-corrected chi connectivity index (χ4v) is 1.82. The Morgan fingerprint density at radius 1 is 1.29 bits per heavy atom. The zero-order chi connectivity index (χ0) is 10.8. The van der Waals surface area contributed by atoms with Gasteiger partial charge in [0.05, 0.1) is 10.6 Å². The van der Waals surface area contributed by atoms with Gasteiger partial charge in [-0.15, -0.1) is 0 Å². The number of nitrogens with one attached hydrogen (secondary N) is 1. The number of benzene rings is 1. The van der Waals surface area contributed by atoms with E-state index < -0.39 is 20.5 Å². The van der Waals surface area contributed by atoms with Crippen LogP contribution in [-0.4, -0.2) is 14.2 Å². The van der Waals surface area contributed by atoms with Gasteiger partial charge < -0.3 is 5.43 Å². The second-order valence-corrected chi connectivity index (χ2v) is 4.33. The average Bonchev–Trinajstić information content (AvgIpc) is 2.17. The topological polar surface area (TPSA) is 72.2 Å². The summed E-state index contributed by atoms with van der Waals surface area (Å²) in [5, 5.41) is 0. The van der Waals surface area contributed by atoms with Crippen LogP contribution in [0.1, 0.15) is 0 Å². The van der Waals surface area contributed by atoms with E-state index in [4.69, 9.17) is 5.84 Å². The molecule has 14 heavy (non-hydrogen) atoms. The van der Waals surface area contributed by atoms with Gasteiger partial charge in [0.2, 0.25) is 9.84 Å². The van der Waals surface area contributed by atoms with Crippen molar-refractivity contribution in [2.75, 3.05) is 5.43 Å². The van der Waals surface area contributed by atoms with Crippen molar-refractivity contribution in [3.8, 4) is 0 Å². The fraction of sp³-hybridized carbons (Fsp3) is 0.143. The van der Waals surface area contributed by atoms with E-state index in [2.05, 4.69) is 0 Å². The van der Waals surface area contributed by atoms with E-state index in [0.717, 1.165) is 6.07 Å². The van der Waals surface area contributed by atoms with Crippen molar-refractivity contribution in [3.05, 3.63) is 24.3 Å². The van der Waals surface area contributed by atoms with E-state index >= 15 is 0 Å². The summed E-state index contributed by atoms with van der Waals surface area (Å²) in [6.45, 7) is 0. The minimum absolute atomic E-state index is 0.0483. The fourth-order valence-electron chi connectivity index (χ4n) is 0.930. The number of anilines is 1. The number of hydrazine groups is 1. The molecule has 78 valence electrons. The van der Waals surface area contributed by atoms with Crippen LogP contribution in [0.15, 0.2) is 29.2 Å². The molecule has 0 aliphatic heterocycles. The largest absolute Gasteiger partial charge is 0.341 e. The second-order valence-electron chi connectivity index (χ2n) is 2.45. The monoisotopic (exact) mass is 222 g/mol. The molecule has 0 bridgehead atoms. The number of rotatable bonds is 3. The van der Waals surface area contributed by atoms with Crippen LogP contribution in [0.5, 0.6) is 0 Å². The predicted octanol–water partition coefficient (Wildman–Crippen LogP) is 0.969. The summed E-state index contributed by atoms with van der Waals surface area (Å²) in [6.07, 6.45) is 0. The molecular weight excluding hydrogens is 214 g/mol. The van der Waals surface area contributed by atoms with Crippen LogP contribution in [0.25, 0.3) is 0 Å². The number of sulfone groups is 1. The first kappa shape index (κ1) is 10.9. The molecule has 0 spiro atoms. The van der Waals surface area contributed by atoms with Gasteiger partial charge in [-0.1, -0.05) is 12.1 Å². The molecule has 1 rings (SSSR count). The van der Waals surface area contributed by atoms with Crippen molar-refractivity contribution in [2.24, 2.45) is 5.84 Å². The molecule has 0 amide bonds. The van der Waals surface area contributed by atoms with Crippen molar-refractivity contribution in [2.45, 2.75) is 10.7 Å². The predicted molar refractivity (Wildman–Crippen MR) is 47.4 cm³/mol. The van der Waals surface area contributed by atoms with Gasteiger partial charge in [-0.05, 0) is 12.1 Å². The van der Waals surface area contributed by atoms with E-state index in [0.29, 0.717) is 0 Å². The second kappa shape index (κ2) is 3.89. The van der Waals surface area contributed by atoms with Crippen molar-refractivity contribution in [1.29, 1.82) is 0 Å². The number of hydrogen-bond donors (Lipinski definition) is 2. The third kappa shape index (κ3) is 1.83. The quantitative estimate of drug-likeness (QED) is 0.590. The Labute approximate surface area is 79.6 Å². The van der Waals surface area contributed by atoms with Crippen LogP contribution in [0, 0.1) is 0 Å². The number of halogens is 2. The van der Waals surface area contributed by atoms with E-state index in [-0.39, 0.29) is 5.69 Å². The standard InChI is InChI=1S/C7H8F2N2O2S/c8-7(9)14(12,13)6-4-2-1-3-5(6)11-10/h1-4,7,11H,10H2. The van der Waals surface area contributed by atoms with Gasteiger partial charge in [0, 0.05) is 0 Å². The molecule has 0 fully saturated rings. The molecule has 1 aromatic rings. The third-order valence-corrected chi connectivity index (χ3v) is 3.02. The molecule has 0 saturated heterocycles. The molecule has 7 heteroatoms. The number of alkyl halides is 2. The van der Waals surface area contributed by atoms with Crippen LogP contribution in [0.3, 0.4) is 0 Å². The molecular formula is C7H8F2N2O2S. The van der Waals surface area contributed by atoms with Gasteiger partial charge in [0.1, 0.15) is 0 Å². The van der Waals surface area contributed by atoms with E-state index in [1.54, 1.807) is 0 Å². The normalized spacial score (nSPS) is 11.7.